The number of hydrogen-bond acceptors (Lipinski definition) is 9. The lowest BCUT2D eigenvalue weighted by Gasteiger charge is -2.34. The molecular weight excluding hydrogens is 620 g/mol. The highest BCUT2D eigenvalue weighted by atomic mass is 16.5. The Morgan fingerprint density at radius 1 is 0.604 bits per heavy atom. The summed E-state index contributed by atoms with van der Waals surface area (Å²) in [5.41, 5.74) is -0.514. The van der Waals surface area contributed by atoms with E-state index in [1.165, 1.54) is 0 Å². The van der Waals surface area contributed by atoms with Crippen molar-refractivity contribution >= 4 is 29.6 Å². The molecule has 1 aromatic rings. The van der Waals surface area contributed by atoms with Gasteiger partial charge in [0.25, 0.3) is 0 Å². The van der Waals surface area contributed by atoms with Crippen LogP contribution in [-0.2, 0) is 49.5 Å². The second-order valence-corrected chi connectivity index (χ2v) is 11.7. The average molecular weight is 679 g/mol. The molecule has 1 rings (SSSR count). The maximum atomic E-state index is 13.2. The SMILES string of the molecule is CCCCNC(=O)CCOCC(COCCC(=O)NCCCC)(COCCC(=O)NCCCC)NC(=O)CC(=O)OCc1ccccc1. The van der Waals surface area contributed by atoms with E-state index in [2.05, 4.69) is 21.3 Å². The molecule has 272 valence electrons. The zero-order valence-electron chi connectivity index (χ0n) is 29.2. The smallest absolute Gasteiger partial charge is 0.315 e. The van der Waals surface area contributed by atoms with Crippen LogP contribution in [0.15, 0.2) is 30.3 Å². The van der Waals surface area contributed by atoms with Crippen LogP contribution in [0.3, 0.4) is 0 Å². The van der Waals surface area contributed by atoms with Gasteiger partial charge >= 0.3 is 5.97 Å². The molecule has 0 fully saturated rings. The fraction of sp³-hybridized carbons (Fsp3) is 0.686. The molecule has 4 amide bonds. The summed E-state index contributed by atoms with van der Waals surface area (Å²) in [6.07, 6.45) is 5.25. The topological polar surface area (TPSA) is 170 Å². The van der Waals surface area contributed by atoms with E-state index in [9.17, 15) is 24.0 Å². The summed E-state index contributed by atoms with van der Waals surface area (Å²) in [7, 11) is 0. The number of carbonyl (C=O) groups is 5. The normalized spacial score (nSPS) is 11.1. The molecule has 13 heteroatoms. The fourth-order valence-electron chi connectivity index (χ4n) is 4.27. The Labute approximate surface area is 285 Å². The van der Waals surface area contributed by atoms with Crippen molar-refractivity contribution < 1.29 is 42.9 Å². The van der Waals surface area contributed by atoms with Crippen molar-refractivity contribution in [2.45, 2.75) is 97.1 Å². The molecule has 48 heavy (non-hydrogen) atoms. The van der Waals surface area contributed by atoms with Crippen molar-refractivity contribution in [3.8, 4) is 0 Å². The van der Waals surface area contributed by atoms with Gasteiger partial charge in [0.05, 0.1) is 39.6 Å². The third-order valence-electron chi connectivity index (χ3n) is 7.07. The third-order valence-corrected chi connectivity index (χ3v) is 7.07. The van der Waals surface area contributed by atoms with Crippen LogP contribution < -0.4 is 21.3 Å². The lowest BCUT2D eigenvalue weighted by molar-refractivity contribution is -0.149. The Kier molecular flexibility index (Phi) is 24.3. The van der Waals surface area contributed by atoms with Crippen LogP contribution in [0.2, 0.25) is 0 Å². The molecule has 0 bridgehead atoms. The van der Waals surface area contributed by atoms with E-state index in [1.54, 1.807) is 0 Å². The van der Waals surface area contributed by atoms with Gasteiger partial charge in [-0.3, -0.25) is 24.0 Å². The molecule has 4 N–H and O–H groups in total. The predicted molar refractivity (Wildman–Crippen MR) is 182 cm³/mol. The highest BCUT2D eigenvalue weighted by Gasteiger charge is 2.34. The van der Waals surface area contributed by atoms with Gasteiger partial charge in [-0.05, 0) is 24.8 Å². The minimum absolute atomic E-state index is 0.0222. The largest absolute Gasteiger partial charge is 0.460 e. The average Bonchev–Trinajstić information content (AvgIpc) is 3.07. The number of carbonyl (C=O) groups excluding carboxylic acids is 5. The molecule has 0 aliphatic rings. The number of unbranched alkanes of at least 4 members (excludes halogenated alkanes) is 3. The highest BCUT2D eigenvalue weighted by Crippen LogP contribution is 2.12. The Balaban J connectivity index is 2.94. The first-order valence-electron chi connectivity index (χ1n) is 17.3. The summed E-state index contributed by atoms with van der Waals surface area (Å²) < 4.78 is 22.9. The maximum absolute atomic E-state index is 13.2. The molecule has 1 aromatic carbocycles. The molecule has 0 saturated carbocycles. The Morgan fingerprint density at radius 3 is 1.42 bits per heavy atom. The Bertz CT molecular complexity index is 982. The van der Waals surface area contributed by atoms with Gasteiger partial charge in [-0.15, -0.1) is 0 Å². The number of ether oxygens (including phenoxy) is 4. The van der Waals surface area contributed by atoms with Crippen LogP contribution in [-0.4, -0.2) is 94.4 Å². The zero-order chi connectivity index (χ0) is 35.3. The summed E-state index contributed by atoms with van der Waals surface area (Å²) in [4.78, 5) is 62.3. The molecule has 13 nitrogen and oxygen atoms in total. The first kappa shape index (κ1) is 42.5. The van der Waals surface area contributed by atoms with E-state index in [-0.39, 0.29) is 83.2 Å². The second-order valence-electron chi connectivity index (χ2n) is 11.7. The number of esters is 1. The van der Waals surface area contributed by atoms with E-state index in [0.717, 1.165) is 44.1 Å². The molecule has 0 saturated heterocycles. The zero-order valence-corrected chi connectivity index (χ0v) is 29.2. The molecule has 0 unspecified atom stereocenters. The van der Waals surface area contributed by atoms with Gasteiger partial charge in [0, 0.05) is 38.9 Å². The summed E-state index contributed by atoms with van der Waals surface area (Å²) in [6, 6.07) is 9.11. The third kappa shape index (κ3) is 22.1. The second kappa shape index (κ2) is 27.4. The minimum atomic E-state index is -1.30. The van der Waals surface area contributed by atoms with E-state index in [0.29, 0.717) is 19.6 Å². The lowest BCUT2D eigenvalue weighted by Crippen LogP contribution is -2.59. The van der Waals surface area contributed by atoms with Crippen LogP contribution >= 0.6 is 0 Å². The van der Waals surface area contributed by atoms with Gasteiger partial charge in [-0.2, -0.15) is 0 Å². The first-order valence-corrected chi connectivity index (χ1v) is 17.3. The van der Waals surface area contributed by atoms with Gasteiger partial charge in [0.15, 0.2) is 0 Å². The standard InChI is InChI=1S/C35H58N4O9/c1-4-7-18-36-30(40)15-21-45-26-35(27-46-22-16-31(41)37-19-8-5-2,28-47-23-17-32(42)38-20-9-6-3)39-33(43)24-34(44)48-25-29-13-11-10-12-14-29/h10-14H,4-9,15-28H2,1-3H3,(H,36,40)(H,37,41)(H,38,42)(H,39,43). The van der Waals surface area contributed by atoms with E-state index in [4.69, 9.17) is 18.9 Å². The number of amides is 4. The fourth-order valence-corrected chi connectivity index (χ4v) is 4.27. The van der Waals surface area contributed by atoms with Gasteiger partial charge in [-0.25, -0.2) is 0 Å². The minimum Gasteiger partial charge on any atom is -0.460 e. The van der Waals surface area contributed by atoms with Gasteiger partial charge in [-0.1, -0.05) is 70.4 Å². The van der Waals surface area contributed by atoms with Crippen LogP contribution in [0.5, 0.6) is 0 Å². The highest BCUT2D eigenvalue weighted by molar-refractivity contribution is 5.94. The quantitative estimate of drug-likeness (QED) is 0.0565. The Morgan fingerprint density at radius 2 is 1.02 bits per heavy atom. The van der Waals surface area contributed by atoms with Crippen molar-refractivity contribution in [3.05, 3.63) is 35.9 Å². The molecule has 0 spiro atoms. The molecule has 0 atom stereocenters. The van der Waals surface area contributed by atoms with Crippen LogP contribution in [0.25, 0.3) is 0 Å². The van der Waals surface area contributed by atoms with Gasteiger partial charge in [0.2, 0.25) is 23.6 Å². The van der Waals surface area contributed by atoms with Gasteiger partial charge < -0.3 is 40.2 Å². The van der Waals surface area contributed by atoms with E-state index in [1.807, 2.05) is 51.1 Å². The molecule has 0 aliphatic heterocycles. The summed E-state index contributed by atoms with van der Waals surface area (Å²) in [6.45, 7) is 7.70. The summed E-state index contributed by atoms with van der Waals surface area (Å²) in [5, 5.41) is 11.3. The number of rotatable bonds is 29. The summed E-state index contributed by atoms with van der Waals surface area (Å²) in [5.74, 6) is -1.83. The van der Waals surface area contributed by atoms with Crippen LogP contribution in [0, 0.1) is 0 Å². The van der Waals surface area contributed by atoms with Crippen LogP contribution in [0.1, 0.15) is 90.5 Å². The maximum Gasteiger partial charge on any atom is 0.315 e. The summed E-state index contributed by atoms with van der Waals surface area (Å²) >= 11 is 0. The lowest BCUT2D eigenvalue weighted by atomic mass is 10.0. The van der Waals surface area contributed by atoms with Crippen molar-refractivity contribution in [3.63, 3.8) is 0 Å². The molecule has 0 aromatic heterocycles. The monoisotopic (exact) mass is 678 g/mol. The first-order chi connectivity index (χ1) is 23.2. The van der Waals surface area contributed by atoms with Crippen molar-refractivity contribution in [1.82, 2.24) is 21.3 Å². The molecule has 0 heterocycles. The molecular formula is C35H58N4O9. The van der Waals surface area contributed by atoms with E-state index >= 15 is 0 Å². The Hall–Kier alpha value is -3.55. The number of nitrogens with one attached hydrogen (secondary N) is 4. The van der Waals surface area contributed by atoms with Crippen molar-refractivity contribution in [1.29, 1.82) is 0 Å². The number of hydrogen-bond donors (Lipinski definition) is 4. The molecule has 0 aliphatic carbocycles. The number of benzene rings is 1. The van der Waals surface area contributed by atoms with Crippen molar-refractivity contribution in [2.75, 3.05) is 59.3 Å². The predicted octanol–water partition coefficient (Wildman–Crippen LogP) is 2.94. The molecule has 0 radical (unpaired) electrons. The van der Waals surface area contributed by atoms with Crippen LogP contribution in [0.4, 0.5) is 0 Å². The van der Waals surface area contributed by atoms with Crippen molar-refractivity contribution in [2.24, 2.45) is 0 Å². The van der Waals surface area contributed by atoms with E-state index < -0.39 is 23.8 Å². The van der Waals surface area contributed by atoms with Gasteiger partial charge in [0.1, 0.15) is 18.6 Å².